The Balaban J connectivity index is 2.46. The Morgan fingerprint density at radius 2 is 1.39 bits per heavy atom. The highest BCUT2D eigenvalue weighted by molar-refractivity contribution is 4.92. The van der Waals surface area contributed by atoms with Crippen LogP contribution >= 0.6 is 0 Å². The molecule has 0 spiro atoms. The molecule has 1 fully saturated rings. The summed E-state index contributed by atoms with van der Waals surface area (Å²) in [4.78, 5) is 0. The first-order chi connectivity index (χ1) is 11.2. The second-order valence-corrected chi connectivity index (χ2v) is 6.69. The van der Waals surface area contributed by atoms with Gasteiger partial charge in [0.25, 0.3) is 0 Å². The maximum atomic E-state index is 6.19. The van der Waals surface area contributed by atoms with E-state index in [1.807, 2.05) is 0 Å². The van der Waals surface area contributed by atoms with Crippen LogP contribution in [0.2, 0.25) is 0 Å². The minimum Gasteiger partial charge on any atom is -0.367 e. The Bertz CT molecular complexity index is 275. The predicted octanol–water partition coefficient (Wildman–Crippen LogP) is 5.05. The van der Waals surface area contributed by atoms with Crippen LogP contribution in [0.15, 0.2) is 0 Å². The molecule has 1 aliphatic rings. The number of hydrogen-bond donors (Lipinski definition) is 0. The van der Waals surface area contributed by atoms with E-state index in [1.165, 1.54) is 44.9 Å². The van der Waals surface area contributed by atoms with Gasteiger partial charge in [-0.15, -0.1) is 0 Å². The molecule has 0 aromatic carbocycles. The summed E-state index contributed by atoms with van der Waals surface area (Å²) in [6, 6.07) is 0. The summed E-state index contributed by atoms with van der Waals surface area (Å²) in [6.45, 7) is 3.02. The van der Waals surface area contributed by atoms with Crippen molar-refractivity contribution in [3.63, 3.8) is 0 Å². The largest absolute Gasteiger partial charge is 0.367 e. The Morgan fingerprint density at radius 3 is 1.87 bits per heavy atom. The minimum atomic E-state index is -1.09. The summed E-state index contributed by atoms with van der Waals surface area (Å²) in [5.41, 5.74) is -0.480. The van der Waals surface area contributed by atoms with Crippen molar-refractivity contribution in [1.29, 1.82) is 0 Å². The van der Waals surface area contributed by atoms with Crippen LogP contribution in [-0.4, -0.2) is 39.5 Å². The third-order valence-corrected chi connectivity index (χ3v) is 5.15. The average molecular weight is 331 g/mol. The third-order valence-electron chi connectivity index (χ3n) is 5.15. The minimum absolute atomic E-state index is 0.480. The van der Waals surface area contributed by atoms with Gasteiger partial charge in [-0.2, -0.15) is 0 Å². The van der Waals surface area contributed by atoms with Gasteiger partial charge in [-0.05, 0) is 25.7 Å². The van der Waals surface area contributed by atoms with Crippen LogP contribution < -0.4 is 0 Å². The first-order valence-corrected chi connectivity index (χ1v) is 9.49. The van der Waals surface area contributed by atoms with E-state index in [-0.39, 0.29) is 0 Å². The summed E-state index contributed by atoms with van der Waals surface area (Å²) in [7, 11) is 4.92. The smallest absolute Gasteiger partial charge is 0.313 e. The SMILES string of the molecule is CCCCCCCCCCC1(C(OC)(OC)OC)CCCCO1. The van der Waals surface area contributed by atoms with Gasteiger partial charge in [-0.25, -0.2) is 0 Å². The lowest BCUT2D eigenvalue weighted by molar-refractivity contribution is -0.432. The van der Waals surface area contributed by atoms with Crippen molar-refractivity contribution in [2.75, 3.05) is 27.9 Å². The Labute approximate surface area is 143 Å². The van der Waals surface area contributed by atoms with Crippen LogP contribution in [0, 0.1) is 0 Å². The summed E-state index contributed by atoms with van der Waals surface area (Å²) in [6.07, 6.45) is 14.5. The lowest BCUT2D eigenvalue weighted by Gasteiger charge is -2.48. The molecule has 1 atom stereocenters. The van der Waals surface area contributed by atoms with E-state index in [9.17, 15) is 0 Å². The van der Waals surface area contributed by atoms with Gasteiger partial charge in [0.05, 0.1) is 0 Å². The van der Waals surface area contributed by atoms with Crippen molar-refractivity contribution in [1.82, 2.24) is 0 Å². The third kappa shape index (κ3) is 5.70. The van der Waals surface area contributed by atoms with E-state index in [4.69, 9.17) is 18.9 Å². The highest BCUT2D eigenvalue weighted by Crippen LogP contribution is 2.42. The van der Waals surface area contributed by atoms with Crippen LogP contribution in [0.4, 0.5) is 0 Å². The van der Waals surface area contributed by atoms with E-state index >= 15 is 0 Å². The molecule has 1 saturated heterocycles. The van der Waals surface area contributed by atoms with Crippen LogP contribution in [0.3, 0.4) is 0 Å². The molecular weight excluding hydrogens is 292 g/mol. The molecule has 0 bridgehead atoms. The lowest BCUT2D eigenvalue weighted by atomic mass is 9.85. The highest BCUT2D eigenvalue weighted by atomic mass is 16.9. The Morgan fingerprint density at radius 1 is 0.826 bits per heavy atom. The quantitative estimate of drug-likeness (QED) is 0.350. The van der Waals surface area contributed by atoms with Gasteiger partial charge in [0.15, 0.2) is 0 Å². The summed E-state index contributed by atoms with van der Waals surface area (Å²) in [5, 5.41) is 0. The maximum Gasteiger partial charge on any atom is 0.313 e. The Kier molecular flexibility index (Phi) is 10.4. The molecule has 1 unspecified atom stereocenters. The van der Waals surface area contributed by atoms with Crippen LogP contribution in [-0.2, 0) is 18.9 Å². The normalized spacial score (nSPS) is 22.4. The second kappa shape index (κ2) is 11.4. The molecule has 0 radical (unpaired) electrons. The van der Waals surface area contributed by atoms with E-state index in [1.54, 1.807) is 21.3 Å². The van der Waals surface area contributed by atoms with E-state index in [0.717, 1.165) is 38.7 Å². The molecule has 1 rings (SSSR count). The van der Waals surface area contributed by atoms with Gasteiger partial charge in [-0.3, -0.25) is 0 Å². The van der Waals surface area contributed by atoms with Crippen LogP contribution in [0.1, 0.15) is 84.0 Å². The van der Waals surface area contributed by atoms with Crippen molar-refractivity contribution in [3.05, 3.63) is 0 Å². The number of rotatable bonds is 13. The molecule has 0 N–H and O–H groups in total. The molecule has 1 heterocycles. The molecule has 0 aliphatic carbocycles. The molecule has 0 saturated carbocycles. The van der Waals surface area contributed by atoms with Gasteiger partial charge >= 0.3 is 5.97 Å². The topological polar surface area (TPSA) is 36.9 Å². The standard InChI is InChI=1S/C19H38O4/c1-5-6-7-8-9-10-11-12-15-18(16-13-14-17-23-18)19(20-2,21-3)22-4/h5-17H2,1-4H3. The van der Waals surface area contributed by atoms with E-state index in [2.05, 4.69) is 6.92 Å². The maximum absolute atomic E-state index is 6.19. The first kappa shape index (κ1) is 20.9. The summed E-state index contributed by atoms with van der Waals surface area (Å²) in [5.74, 6) is -1.09. The molecule has 138 valence electrons. The molecule has 0 aromatic heterocycles. The summed E-state index contributed by atoms with van der Waals surface area (Å²) >= 11 is 0. The van der Waals surface area contributed by atoms with Crippen molar-refractivity contribution < 1.29 is 18.9 Å². The van der Waals surface area contributed by atoms with Gasteiger partial charge < -0.3 is 18.9 Å². The number of unbranched alkanes of at least 4 members (excludes halogenated alkanes) is 7. The average Bonchev–Trinajstić information content (AvgIpc) is 2.60. The monoisotopic (exact) mass is 330 g/mol. The van der Waals surface area contributed by atoms with Gasteiger partial charge in [-0.1, -0.05) is 58.3 Å². The molecule has 0 aromatic rings. The molecule has 0 amide bonds. The zero-order valence-electron chi connectivity index (χ0n) is 15.8. The number of ether oxygens (including phenoxy) is 4. The zero-order chi connectivity index (χ0) is 17.0. The second-order valence-electron chi connectivity index (χ2n) is 6.69. The lowest BCUT2D eigenvalue weighted by Crippen LogP contribution is -2.60. The van der Waals surface area contributed by atoms with Crippen molar-refractivity contribution >= 4 is 0 Å². The van der Waals surface area contributed by atoms with Crippen molar-refractivity contribution in [2.45, 2.75) is 95.5 Å². The zero-order valence-corrected chi connectivity index (χ0v) is 15.8. The number of methoxy groups -OCH3 is 3. The predicted molar refractivity (Wildman–Crippen MR) is 93.5 cm³/mol. The van der Waals surface area contributed by atoms with Gasteiger partial charge in [0, 0.05) is 27.9 Å². The fourth-order valence-corrected chi connectivity index (χ4v) is 3.80. The van der Waals surface area contributed by atoms with Crippen LogP contribution in [0.5, 0.6) is 0 Å². The van der Waals surface area contributed by atoms with Crippen molar-refractivity contribution in [2.24, 2.45) is 0 Å². The fraction of sp³-hybridized carbons (Fsp3) is 1.00. The molecule has 4 nitrogen and oxygen atoms in total. The van der Waals surface area contributed by atoms with E-state index in [0.29, 0.717) is 0 Å². The summed E-state index contributed by atoms with van der Waals surface area (Å²) < 4.78 is 23.1. The van der Waals surface area contributed by atoms with Gasteiger partial charge in [0.2, 0.25) is 0 Å². The highest BCUT2D eigenvalue weighted by Gasteiger charge is 2.55. The van der Waals surface area contributed by atoms with Gasteiger partial charge in [0.1, 0.15) is 5.60 Å². The first-order valence-electron chi connectivity index (χ1n) is 9.49. The molecular formula is C19H38O4. The van der Waals surface area contributed by atoms with Crippen molar-refractivity contribution in [3.8, 4) is 0 Å². The molecule has 1 aliphatic heterocycles. The molecule has 4 heteroatoms. The molecule has 23 heavy (non-hydrogen) atoms. The number of hydrogen-bond acceptors (Lipinski definition) is 4. The van der Waals surface area contributed by atoms with Crippen LogP contribution in [0.25, 0.3) is 0 Å². The van der Waals surface area contributed by atoms with E-state index < -0.39 is 11.6 Å². The fourth-order valence-electron chi connectivity index (χ4n) is 3.80. The Hall–Kier alpha value is -0.160.